The Kier molecular flexibility index (Phi) is 3.93. The van der Waals surface area contributed by atoms with Gasteiger partial charge in [-0.1, -0.05) is 12.1 Å². The van der Waals surface area contributed by atoms with E-state index in [1.165, 1.54) is 16.2 Å². The van der Waals surface area contributed by atoms with E-state index in [1.807, 2.05) is 35.9 Å². The van der Waals surface area contributed by atoms with Gasteiger partial charge in [-0.3, -0.25) is 10.1 Å². The van der Waals surface area contributed by atoms with Gasteiger partial charge in [0.25, 0.3) is 0 Å². The van der Waals surface area contributed by atoms with Crippen LogP contribution in [0.25, 0.3) is 0 Å². The maximum Gasteiger partial charge on any atom is 0.240 e. The summed E-state index contributed by atoms with van der Waals surface area (Å²) in [6.07, 6.45) is 0. The summed E-state index contributed by atoms with van der Waals surface area (Å²) in [7, 11) is 0. The number of thiophene rings is 2. The Balaban J connectivity index is 2.11. The van der Waals surface area contributed by atoms with Crippen molar-refractivity contribution in [3.05, 3.63) is 44.8 Å². The lowest BCUT2D eigenvalue weighted by atomic mass is 10.2. The Labute approximate surface area is 108 Å². The minimum Gasteiger partial charge on any atom is -0.368 e. The van der Waals surface area contributed by atoms with Crippen molar-refractivity contribution in [3.8, 4) is 0 Å². The second-order valence-corrected chi connectivity index (χ2v) is 5.71. The molecule has 5 heteroatoms. The average Bonchev–Trinajstić information content (AvgIpc) is 2.97. The van der Waals surface area contributed by atoms with Gasteiger partial charge in [-0.2, -0.15) is 0 Å². The molecule has 2 atom stereocenters. The largest absolute Gasteiger partial charge is 0.368 e. The monoisotopic (exact) mass is 266 g/mol. The predicted octanol–water partition coefficient (Wildman–Crippen LogP) is 2.69. The lowest BCUT2D eigenvalue weighted by Gasteiger charge is -2.19. The normalized spacial score (nSPS) is 14.4. The first kappa shape index (κ1) is 12.3. The quantitative estimate of drug-likeness (QED) is 0.874. The Morgan fingerprint density at radius 3 is 2.29 bits per heavy atom. The van der Waals surface area contributed by atoms with Crippen LogP contribution in [0.4, 0.5) is 0 Å². The topological polar surface area (TPSA) is 55.1 Å². The van der Waals surface area contributed by atoms with Crippen molar-refractivity contribution in [2.45, 2.75) is 19.0 Å². The SMILES string of the molecule is C[C@H](N[C@H](C(N)=O)c1cccs1)c1cccs1. The molecule has 0 fully saturated rings. The highest BCUT2D eigenvalue weighted by molar-refractivity contribution is 7.10. The van der Waals surface area contributed by atoms with Crippen LogP contribution in [-0.4, -0.2) is 5.91 Å². The van der Waals surface area contributed by atoms with Crippen molar-refractivity contribution in [2.24, 2.45) is 5.73 Å². The van der Waals surface area contributed by atoms with Gasteiger partial charge < -0.3 is 5.73 Å². The van der Waals surface area contributed by atoms with Crippen LogP contribution in [-0.2, 0) is 4.79 Å². The molecule has 2 heterocycles. The van der Waals surface area contributed by atoms with Gasteiger partial charge in [0.2, 0.25) is 5.91 Å². The molecule has 90 valence electrons. The number of nitrogens with one attached hydrogen (secondary N) is 1. The van der Waals surface area contributed by atoms with Crippen LogP contribution in [0.1, 0.15) is 28.8 Å². The second kappa shape index (κ2) is 5.44. The van der Waals surface area contributed by atoms with Crippen LogP contribution in [0.15, 0.2) is 35.0 Å². The Bertz CT molecular complexity index is 465. The molecule has 3 N–H and O–H groups in total. The van der Waals surface area contributed by atoms with E-state index in [4.69, 9.17) is 5.73 Å². The molecule has 0 spiro atoms. The fourth-order valence-corrected chi connectivity index (χ4v) is 3.17. The zero-order chi connectivity index (χ0) is 12.3. The summed E-state index contributed by atoms with van der Waals surface area (Å²) in [5.74, 6) is -0.337. The van der Waals surface area contributed by atoms with Crippen LogP contribution in [0.5, 0.6) is 0 Å². The van der Waals surface area contributed by atoms with Gasteiger partial charge in [0.15, 0.2) is 0 Å². The van der Waals surface area contributed by atoms with Gasteiger partial charge in [0, 0.05) is 15.8 Å². The molecule has 2 rings (SSSR count). The molecule has 0 saturated heterocycles. The van der Waals surface area contributed by atoms with Gasteiger partial charge in [-0.15, -0.1) is 22.7 Å². The lowest BCUT2D eigenvalue weighted by molar-refractivity contribution is -0.120. The average molecular weight is 266 g/mol. The number of rotatable bonds is 5. The molecular formula is C12H14N2OS2. The van der Waals surface area contributed by atoms with Crippen LogP contribution in [0.3, 0.4) is 0 Å². The number of hydrogen-bond acceptors (Lipinski definition) is 4. The van der Waals surface area contributed by atoms with Gasteiger partial charge in [0.1, 0.15) is 6.04 Å². The zero-order valence-corrected chi connectivity index (χ0v) is 11.1. The van der Waals surface area contributed by atoms with Crippen LogP contribution >= 0.6 is 22.7 Å². The summed E-state index contributed by atoms with van der Waals surface area (Å²) < 4.78 is 0. The van der Waals surface area contributed by atoms with E-state index < -0.39 is 6.04 Å². The van der Waals surface area contributed by atoms with E-state index in [0.717, 1.165) is 4.88 Å². The first-order valence-corrected chi connectivity index (χ1v) is 7.06. The number of amides is 1. The van der Waals surface area contributed by atoms with Crippen molar-refractivity contribution >= 4 is 28.6 Å². The highest BCUT2D eigenvalue weighted by atomic mass is 32.1. The van der Waals surface area contributed by atoms with Gasteiger partial charge in [0.05, 0.1) is 0 Å². The van der Waals surface area contributed by atoms with Gasteiger partial charge >= 0.3 is 0 Å². The molecule has 0 aromatic carbocycles. The molecule has 0 saturated carbocycles. The van der Waals surface area contributed by atoms with E-state index in [1.54, 1.807) is 11.3 Å². The third-order valence-corrected chi connectivity index (χ3v) is 4.49. The predicted molar refractivity (Wildman–Crippen MR) is 72.1 cm³/mol. The Morgan fingerprint density at radius 2 is 1.82 bits per heavy atom. The van der Waals surface area contributed by atoms with E-state index in [0.29, 0.717) is 0 Å². The molecule has 3 nitrogen and oxygen atoms in total. The highest BCUT2D eigenvalue weighted by Gasteiger charge is 2.21. The Morgan fingerprint density at radius 1 is 1.24 bits per heavy atom. The first-order chi connectivity index (χ1) is 8.18. The van der Waals surface area contributed by atoms with E-state index in [-0.39, 0.29) is 11.9 Å². The van der Waals surface area contributed by atoms with Crippen molar-refractivity contribution in [1.29, 1.82) is 0 Å². The minimum absolute atomic E-state index is 0.120. The molecule has 0 aliphatic carbocycles. The number of hydrogen-bond donors (Lipinski definition) is 2. The molecule has 2 aromatic rings. The molecule has 2 aromatic heterocycles. The second-order valence-electron chi connectivity index (χ2n) is 3.75. The van der Waals surface area contributed by atoms with Crippen molar-refractivity contribution < 1.29 is 4.79 Å². The van der Waals surface area contributed by atoms with Crippen molar-refractivity contribution in [2.75, 3.05) is 0 Å². The molecule has 17 heavy (non-hydrogen) atoms. The highest BCUT2D eigenvalue weighted by Crippen LogP contribution is 2.25. The summed E-state index contributed by atoms with van der Waals surface area (Å²) in [6, 6.07) is 7.61. The molecule has 0 radical (unpaired) electrons. The fourth-order valence-electron chi connectivity index (χ4n) is 1.63. The third kappa shape index (κ3) is 2.94. The Hall–Kier alpha value is -1.17. The number of primary amides is 1. The van der Waals surface area contributed by atoms with E-state index in [2.05, 4.69) is 11.4 Å². The molecule has 1 amide bonds. The first-order valence-electron chi connectivity index (χ1n) is 5.30. The molecular weight excluding hydrogens is 252 g/mol. The number of nitrogens with two attached hydrogens (primary N) is 1. The molecule has 0 bridgehead atoms. The smallest absolute Gasteiger partial charge is 0.240 e. The standard InChI is InChI=1S/C12H14N2OS2/c1-8(9-4-2-6-16-9)14-11(12(13)15)10-5-3-7-17-10/h2-8,11,14H,1H3,(H2,13,15)/t8-,11-/m0/s1. The van der Waals surface area contributed by atoms with Gasteiger partial charge in [-0.25, -0.2) is 0 Å². The van der Waals surface area contributed by atoms with Crippen LogP contribution in [0, 0.1) is 0 Å². The van der Waals surface area contributed by atoms with Gasteiger partial charge in [-0.05, 0) is 29.8 Å². The minimum atomic E-state index is -0.410. The zero-order valence-electron chi connectivity index (χ0n) is 9.42. The summed E-state index contributed by atoms with van der Waals surface area (Å²) in [5, 5.41) is 7.24. The van der Waals surface area contributed by atoms with Crippen molar-refractivity contribution in [3.63, 3.8) is 0 Å². The lowest BCUT2D eigenvalue weighted by Crippen LogP contribution is -2.34. The van der Waals surface area contributed by atoms with E-state index >= 15 is 0 Å². The summed E-state index contributed by atoms with van der Waals surface area (Å²) in [6.45, 7) is 2.04. The maximum atomic E-state index is 11.5. The number of carbonyl (C=O) groups excluding carboxylic acids is 1. The summed E-state index contributed by atoms with van der Waals surface area (Å²) in [4.78, 5) is 13.6. The molecule has 0 aliphatic heterocycles. The summed E-state index contributed by atoms with van der Waals surface area (Å²) in [5.41, 5.74) is 5.44. The van der Waals surface area contributed by atoms with Crippen molar-refractivity contribution in [1.82, 2.24) is 5.32 Å². The summed E-state index contributed by atoms with van der Waals surface area (Å²) >= 11 is 3.21. The van der Waals surface area contributed by atoms with Crippen LogP contribution < -0.4 is 11.1 Å². The molecule has 0 aliphatic rings. The fraction of sp³-hybridized carbons (Fsp3) is 0.250. The molecule has 0 unspecified atom stereocenters. The third-order valence-electron chi connectivity index (χ3n) is 2.50. The number of carbonyl (C=O) groups is 1. The van der Waals surface area contributed by atoms with E-state index in [9.17, 15) is 4.79 Å². The van der Waals surface area contributed by atoms with Crippen LogP contribution in [0.2, 0.25) is 0 Å². The maximum absolute atomic E-state index is 11.5.